The SMILES string of the molecule is O=C=O.OC1(c2nc3c(F)cccc3s2)[C@@H]2CC[C@H]1CC(OCc1c(-c3ccccc3OC(F)F)noc1C1CC1)C2.[C-]#[N+]c1cc(F)c2nc(C3(O)[C@@H]4CC[C@H]3CC(OCc3c(-c5ccccc5OC(F)F)noc3C3CC3)C4)sc2c1. The number of fused-ring (bicyclic) bond motifs is 6. The van der Waals surface area contributed by atoms with Gasteiger partial charge in [-0.05, 0) is 149 Å². The number of halogens is 6. The van der Waals surface area contributed by atoms with Gasteiger partial charge in [0.2, 0.25) is 0 Å². The first kappa shape index (κ1) is 56.5. The Balaban J connectivity index is 0.000000157. The maximum absolute atomic E-state index is 14.6. The van der Waals surface area contributed by atoms with E-state index in [9.17, 15) is 36.6 Å². The number of aromatic nitrogens is 4. The summed E-state index contributed by atoms with van der Waals surface area (Å²) >= 11 is 2.62. The Morgan fingerprint density at radius 1 is 0.614 bits per heavy atom. The molecule has 6 aliphatic rings. The fraction of sp³-hybridized carbons (Fsp3) is 0.433. The van der Waals surface area contributed by atoms with Crippen LogP contribution in [0.3, 0.4) is 0 Å². The minimum atomic E-state index is -2.97. The van der Waals surface area contributed by atoms with E-state index in [4.69, 9.17) is 44.2 Å². The molecule has 8 atom stereocenters. The molecule has 4 bridgehead atoms. The number of carbonyl (C=O) groups excluding carboxylic acids is 2. The summed E-state index contributed by atoms with van der Waals surface area (Å²) in [5.74, 6) is 0.758. The van der Waals surface area contributed by atoms with Gasteiger partial charge in [0.25, 0.3) is 0 Å². The molecule has 0 saturated heterocycles. The highest BCUT2D eigenvalue weighted by Crippen LogP contribution is 2.59. The van der Waals surface area contributed by atoms with Crippen molar-refractivity contribution in [3.05, 3.63) is 135 Å². The number of nitrogens with zero attached hydrogens (tertiary/aromatic N) is 5. The standard InChI is InChI=1S/C30H26F3N3O4S.C29H27F3N2O4S.CO2/c1-34-18-12-22(31)26-24(13-18)41-28(35-26)30(37)16-8-9-17(30)11-19(10-16)38-14-21-25(36-40-27(21)15-6-7-15)20-4-2-3-5-23(20)39-29(32)33;30-21-5-3-7-23-25(21)33-27(39-23)29(35)16-10-11-17(29)13-18(12-16)36-14-20-24(34-38-26(20)15-8-9-15)19-4-1-2-6-22(19)37-28(31)32;2-1-3/h2-5,12-13,15-17,19,29,37H,6-11,14H2;1-7,15-18,28,35H,8-14H2;/t16-,17+,19?,30?;16-,17+,18?,29?;. The molecule has 2 N–H and O–H groups in total. The normalized spacial score (nSPS) is 25.2. The van der Waals surface area contributed by atoms with Crippen molar-refractivity contribution < 1.29 is 74.1 Å². The van der Waals surface area contributed by atoms with Gasteiger partial charge in [-0.3, -0.25) is 0 Å². The third kappa shape index (κ3) is 10.9. The molecule has 6 aliphatic carbocycles. The summed E-state index contributed by atoms with van der Waals surface area (Å²) in [7, 11) is 0. The van der Waals surface area contributed by atoms with Crippen molar-refractivity contribution in [2.45, 2.75) is 139 Å². The molecule has 14 rings (SSSR count). The number of para-hydroxylation sites is 3. The van der Waals surface area contributed by atoms with Crippen LogP contribution in [0.5, 0.6) is 11.5 Å². The quantitative estimate of drug-likeness (QED) is 0.0685. The Bertz CT molecular complexity index is 3730. The molecule has 0 aliphatic heterocycles. The maximum Gasteiger partial charge on any atom is 0.387 e. The molecule has 0 spiro atoms. The third-order valence-electron chi connectivity index (χ3n) is 17.2. The average molecular weight is 1180 g/mol. The molecule has 23 heteroatoms. The van der Waals surface area contributed by atoms with Gasteiger partial charge in [0.1, 0.15) is 78.3 Å². The van der Waals surface area contributed by atoms with Crippen LogP contribution in [0.15, 0.2) is 87.9 Å². The van der Waals surface area contributed by atoms with E-state index in [-0.39, 0.29) is 95.6 Å². The smallest absolute Gasteiger partial charge is 0.387 e. The number of hydrogen-bond acceptors (Lipinski definition) is 16. The number of thiazole rings is 2. The van der Waals surface area contributed by atoms with Gasteiger partial charge in [-0.1, -0.05) is 40.6 Å². The first-order valence-electron chi connectivity index (χ1n) is 27.4. The molecule has 4 heterocycles. The number of rotatable bonds is 16. The molecule has 6 fully saturated rings. The van der Waals surface area contributed by atoms with Gasteiger partial charge in [0, 0.05) is 38.8 Å². The predicted molar refractivity (Wildman–Crippen MR) is 287 cm³/mol. The van der Waals surface area contributed by atoms with Gasteiger partial charge >= 0.3 is 19.4 Å². The topological polar surface area (TPSA) is 194 Å². The summed E-state index contributed by atoms with van der Waals surface area (Å²) in [5, 5.41) is 33.4. The van der Waals surface area contributed by atoms with Crippen LogP contribution in [0.25, 0.3) is 47.8 Å². The van der Waals surface area contributed by atoms with Crippen LogP contribution in [0, 0.1) is 41.9 Å². The molecule has 6 saturated carbocycles. The van der Waals surface area contributed by atoms with E-state index in [0.717, 1.165) is 78.7 Å². The number of ether oxygens (including phenoxy) is 4. The van der Waals surface area contributed by atoms with Gasteiger partial charge in [0.15, 0.2) is 5.69 Å². The van der Waals surface area contributed by atoms with E-state index < -0.39 is 30.2 Å². The average Bonchev–Trinajstić information content (AvgIpc) is 2.09. The van der Waals surface area contributed by atoms with Crippen molar-refractivity contribution >= 4 is 54.9 Å². The van der Waals surface area contributed by atoms with Crippen molar-refractivity contribution in [3.63, 3.8) is 0 Å². The van der Waals surface area contributed by atoms with Crippen molar-refractivity contribution in [1.82, 2.24) is 20.3 Å². The highest BCUT2D eigenvalue weighted by Gasteiger charge is 2.58. The van der Waals surface area contributed by atoms with Gasteiger partial charge < -0.3 is 38.2 Å². The van der Waals surface area contributed by atoms with E-state index in [0.29, 0.717) is 68.4 Å². The molecule has 4 aromatic heterocycles. The molecular formula is C60H53F6N5O10S2. The third-order valence-corrected chi connectivity index (χ3v) is 19.5. The Labute approximate surface area is 478 Å². The van der Waals surface area contributed by atoms with Crippen LogP contribution in [-0.4, -0.2) is 62.1 Å². The Kier molecular flexibility index (Phi) is 15.8. The van der Waals surface area contributed by atoms with E-state index in [1.807, 2.05) is 6.07 Å². The Hall–Kier alpha value is -7.03. The summed E-state index contributed by atoms with van der Waals surface area (Å²) in [6.45, 7) is 1.71. The van der Waals surface area contributed by atoms with Gasteiger partial charge in [0.05, 0.1) is 36.7 Å². The fourth-order valence-electron chi connectivity index (χ4n) is 13.1. The van der Waals surface area contributed by atoms with Gasteiger partial charge in [-0.15, -0.1) is 22.7 Å². The van der Waals surface area contributed by atoms with E-state index >= 15 is 0 Å². The van der Waals surface area contributed by atoms with Crippen molar-refractivity contribution in [1.29, 1.82) is 0 Å². The molecule has 8 aromatic rings. The molecule has 83 heavy (non-hydrogen) atoms. The Morgan fingerprint density at radius 2 is 1.05 bits per heavy atom. The van der Waals surface area contributed by atoms with Crippen LogP contribution >= 0.6 is 22.7 Å². The van der Waals surface area contributed by atoms with Crippen LogP contribution in [0.2, 0.25) is 0 Å². The molecule has 0 radical (unpaired) electrons. The van der Waals surface area contributed by atoms with Crippen LogP contribution in [0.1, 0.15) is 122 Å². The minimum absolute atomic E-state index is 0.0240. The summed E-state index contributed by atoms with van der Waals surface area (Å²) in [5.41, 5.74) is 1.69. The van der Waals surface area contributed by atoms with Crippen LogP contribution in [0.4, 0.5) is 32.0 Å². The first-order valence-corrected chi connectivity index (χ1v) is 29.1. The van der Waals surface area contributed by atoms with Gasteiger partial charge in [-0.25, -0.2) is 23.6 Å². The zero-order chi connectivity index (χ0) is 57.7. The fourth-order valence-corrected chi connectivity index (χ4v) is 15.6. The lowest BCUT2D eigenvalue weighted by atomic mass is 9.73. The predicted octanol–water partition coefficient (Wildman–Crippen LogP) is 14.3. The van der Waals surface area contributed by atoms with Crippen molar-refractivity contribution in [3.8, 4) is 34.0 Å². The van der Waals surface area contributed by atoms with E-state index in [1.54, 1.807) is 48.5 Å². The summed E-state index contributed by atoms with van der Waals surface area (Å²) in [6.07, 6.45) is 9.72. The minimum Gasteiger partial charge on any atom is -0.434 e. The highest BCUT2D eigenvalue weighted by molar-refractivity contribution is 7.19. The Morgan fingerprint density at radius 3 is 1.47 bits per heavy atom. The van der Waals surface area contributed by atoms with Crippen molar-refractivity contribution in [2.75, 3.05) is 0 Å². The second-order valence-corrected chi connectivity index (χ2v) is 24.1. The largest absolute Gasteiger partial charge is 0.434 e. The lowest BCUT2D eigenvalue weighted by Crippen LogP contribution is -2.44. The van der Waals surface area contributed by atoms with E-state index in [1.165, 1.54) is 46.9 Å². The molecule has 15 nitrogen and oxygen atoms in total. The summed E-state index contributed by atoms with van der Waals surface area (Å²) < 4.78 is 116. The zero-order valence-electron chi connectivity index (χ0n) is 44.2. The molecular weight excluding hydrogens is 1130 g/mol. The molecule has 0 amide bonds. The second-order valence-electron chi connectivity index (χ2n) is 22.0. The molecule has 4 aromatic carbocycles. The summed E-state index contributed by atoms with van der Waals surface area (Å²) in [4.78, 5) is 28.6. The number of aliphatic hydroxyl groups is 2. The maximum atomic E-state index is 14.6. The van der Waals surface area contributed by atoms with E-state index in [2.05, 4.69) is 25.1 Å². The lowest BCUT2D eigenvalue weighted by Gasteiger charge is -2.41. The zero-order valence-corrected chi connectivity index (χ0v) is 45.8. The monoisotopic (exact) mass is 1180 g/mol. The second kappa shape index (κ2) is 23.2. The summed E-state index contributed by atoms with van der Waals surface area (Å²) in [6, 6.07) is 20.8. The lowest BCUT2D eigenvalue weighted by molar-refractivity contribution is -0.191. The highest BCUT2D eigenvalue weighted by atomic mass is 32.1. The number of alkyl halides is 4. The molecule has 4 unspecified atom stereocenters. The van der Waals surface area contributed by atoms with Crippen LogP contribution in [-0.2, 0) is 43.5 Å². The number of hydrogen-bond donors (Lipinski definition) is 2. The first-order chi connectivity index (χ1) is 40.2. The number of benzene rings is 4. The van der Waals surface area contributed by atoms with Crippen LogP contribution < -0.4 is 9.47 Å². The van der Waals surface area contributed by atoms with Crippen molar-refractivity contribution in [2.24, 2.45) is 23.7 Å². The molecule has 432 valence electrons. The van der Waals surface area contributed by atoms with Gasteiger partial charge in [-0.2, -0.15) is 27.2 Å².